The Labute approximate surface area is 114 Å². The second-order valence-corrected chi connectivity index (χ2v) is 6.96. The largest absolute Gasteiger partial charge is 0.462 e. The molecule has 1 aliphatic heterocycles. The van der Waals surface area contributed by atoms with Crippen LogP contribution < -0.4 is 0 Å². The fourth-order valence-electron chi connectivity index (χ4n) is 2.59. The summed E-state index contributed by atoms with van der Waals surface area (Å²) in [5, 5.41) is 9.05. The van der Waals surface area contributed by atoms with Gasteiger partial charge in [0.15, 0.2) is 0 Å². The molecule has 0 amide bonds. The Hall–Kier alpha value is -0.850. The number of nitrogens with zero attached hydrogens (tertiary/aromatic N) is 1. The van der Waals surface area contributed by atoms with Gasteiger partial charge in [0, 0.05) is 18.7 Å². The van der Waals surface area contributed by atoms with Gasteiger partial charge < -0.3 is 9.52 Å². The van der Waals surface area contributed by atoms with Crippen molar-refractivity contribution in [2.45, 2.75) is 57.1 Å². The molecule has 1 aliphatic rings. The molecule has 2 heterocycles. The molecule has 0 bridgehead atoms. The lowest BCUT2D eigenvalue weighted by Crippen LogP contribution is -2.38. The van der Waals surface area contributed by atoms with E-state index in [2.05, 4.69) is 0 Å². The Morgan fingerprint density at radius 3 is 2.79 bits per heavy atom. The zero-order valence-corrected chi connectivity index (χ0v) is 12.2. The zero-order valence-electron chi connectivity index (χ0n) is 11.4. The van der Waals surface area contributed by atoms with Gasteiger partial charge in [-0.05, 0) is 26.7 Å². The van der Waals surface area contributed by atoms with Crippen LogP contribution in [0, 0.1) is 6.92 Å². The third-order valence-corrected chi connectivity index (χ3v) is 5.78. The molecule has 0 aromatic carbocycles. The molecule has 0 aliphatic carbocycles. The van der Waals surface area contributed by atoms with E-state index in [1.165, 1.54) is 6.07 Å². The standard InChI is InChI=1S/C13H21NO4S/c1-10-6-4-3-5-7-14(10)19(16,17)13-8-12(9-15)18-11(13)2/h8,10,15H,3-7,9H2,1-2H3. The predicted molar refractivity (Wildman–Crippen MR) is 71.2 cm³/mol. The van der Waals surface area contributed by atoms with Gasteiger partial charge in [0.1, 0.15) is 23.0 Å². The summed E-state index contributed by atoms with van der Waals surface area (Å²) in [7, 11) is -3.53. The molecule has 1 atom stereocenters. The molecule has 108 valence electrons. The van der Waals surface area contributed by atoms with Gasteiger partial charge in [-0.25, -0.2) is 8.42 Å². The number of hydrogen-bond donors (Lipinski definition) is 1. The van der Waals surface area contributed by atoms with Crippen molar-refractivity contribution >= 4 is 10.0 Å². The highest BCUT2D eigenvalue weighted by molar-refractivity contribution is 7.89. The fraction of sp³-hybridized carbons (Fsp3) is 0.692. The van der Waals surface area contributed by atoms with E-state index in [1.807, 2.05) is 6.92 Å². The van der Waals surface area contributed by atoms with Crippen LogP contribution in [0.4, 0.5) is 0 Å². The number of furan rings is 1. The van der Waals surface area contributed by atoms with Crippen molar-refractivity contribution in [3.8, 4) is 0 Å². The first-order valence-electron chi connectivity index (χ1n) is 6.69. The van der Waals surface area contributed by atoms with Gasteiger partial charge in [0.25, 0.3) is 0 Å². The predicted octanol–water partition coefficient (Wildman–Crippen LogP) is 2.03. The van der Waals surface area contributed by atoms with E-state index in [0.29, 0.717) is 18.1 Å². The summed E-state index contributed by atoms with van der Waals surface area (Å²) >= 11 is 0. The number of aliphatic hydroxyl groups is 1. The van der Waals surface area contributed by atoms with Crippen molar-refractivity contribution in [3.05, 3.63) is 17.6 Å². The fourth-order valence-corrected chi connectivity index (χ4v) is 4.48. The van der Waals surface area contributed by atoms with Crippen LogP contribution in [0.3, 0.4) is 0 Å². The first-order valence-corrected chi connectivity index (χ1v) is 8.13. The van der Waals surface area contributed by atoms with Gasteiger partial charge >= 0.3 is 0 Å². The smallest absolute Gasteiger partial charge is 0.246 e. The van der Waals surface area contributed by atoms with Crippen LogP contribution in [0.25, 0.3) is 0 Å². The van der Waals surface area contributed by atoms with Gasteiger partial charge in [-0.2, -0.15) is 4.31 Å². The van der Waals surface area contributed by atoms with Crippen molar-refractivity contribution < 1.29 is 17.9 Å². The number of aliphatic hydroxyl groups excluding tert-OH is 1. The van der Waals surface area contributed by atoms with Crippen LogP contribution in [0.15, 0.2) is 15.4 Å². The Morgan fingerprint density at radius 1 is 1.42 bits per heavy atom. The van der Waals surface area contributed by atoms with Gasteiger partial charge in [0.2, 0.25) is 10.0 Å². The molecule has 1 aromatic heterocycles. The molecule has 0 spiro atoms. The van der Waals surface area contributed by atoms with Gasteiger partial charge in [-0.15, -0.1) is 0 Å². The third-order valence-electron chi connectivity index (χ3n) is 3.66. The van der Waals surface area contributed by atoms with Crippen LogP contribution in [0.1, 0.15) is 44.1 Å². The number of aryl methyl sites for hydroxylation is 1. The SMILES string of the molecule is Cc1oc(CO)cc1S(=O)(=O)N1CCCCCC1C. The van der Waals surface area contributed by atoms with Crippen LogP contribution in [-0.4, -0.2) is 30.4 Å². The number of hydrogen-bond acceptors (Lipinski definition) is 4. The minimum atomic E-state index is -3.53. The second kappa shape index (κ2) is 5.64. The van der Waals surface area contributed by atoms with Crippen LogP contribution in [0.5, 0.6) is 0 Å². The Morgan fingerprint density at radius 2 is 2.16 bits per heavy atom. The summed E-state index contributed by atoms with van der Waals surface area (Å²) in [6.07, 6.45) is 3.93. The zero-order chi connectivity index (χ0) is 14.0. The molecule has 0 saturated carbocycles. The topological polar surface area (TPSA) is 70.8 Å². The summed E-state index contributed by atoms with van der Waals surface area (Å²) in [6, 6.07) is 1.45. The van der Waals surface area contributed by atoms with Crippen LogP contribution in [0.2, 0.25) is 0 Å². The van der Waals surface area contributed by atoms with Crippen molar-refractivity contribution in [1.82, 2.24) is 4.31 Å². The maximum Gasteiger partial charge on any atom is 0.246 e. The lowest BCUT2D eigenvalue weighted by Gasteiger charge is -2.25. The third kappa shape index (κ3) is 2.85. The summed E-state index contributed by atoms with van der Waals surface area (Å²) in [5.41, 5.74) is 0. The first kappa shape index (κ1) is 14.6. The molecule has 1 N–H and O–H groups in total. The Kier molecular flexibility index (Phi) is 4.32. The molecule has 1 aromatic rings. The summed E-state index contributed by atoms with van der Waals surface area (Å²) in [5.74, 6) is 0.638. The quantitative estimate of drug-likeness (QED) is 0.923. The Balaban J connectivity index is 2.37. The Bertz CT molecular complexity index is 535. The number of sulfonamides is 1. The summed E-state index contributed by atoms with van der Waals surface area (Å²) in [4.78, 5) is 0.185. The highest BCUT2D eigenvalue weighted by Crippen LogP contribution is 2.28. The van der Waals surface area contributed by atoms with Crippen LogP contribution >= 0.6 is 0 Å². The van der Waals surface area contributed by atoms with Gasteiger partial charge in [0.05, 0.1) is 0 Å². The molecular weight excluding hydrogens is 266 g/mol. The van der Waals surface area contributed by atoms with E-state index in [4.69, 9.17) is 9.52 Å². The first-order chi connectivity index (χ1) is 8.96. The molecule has 1 saturated heterocycles. The van der Waals surface area contributed by atoms with Crippen molar-refractivity contribution in [2.24, 2.45) is 0 Å². The van der Waals surface area contributed by atoms with Crippen molar-refractivity contribution in [2.75, 3.05) is 6.54 Å². The average molecular weight is 287 g/mol. The van der Waals surface area contributed by atoms with Gasteiger partial charge in [-0.1, -0.05) is 12.8 Å². The van der Waals surface area contributed by atoms with Crippen molar-refractivity contribution in [1.29, 1.82) is 0 Å². The normalized spacial score (nSPS) is 22.4. The molecule has 19 heavy (non-hydrogen) atoms. The van der Waals surface area contributed by atoms with E-state index in [0.717, 1.165) is 25.7 Å². The average Bonchev–Trinajstić information content (AvgIpc) is 2.61. The van der Waals surface area contributed by atoms with E-state index in [-0.39, 0.29) is 17.5 Å². The summed E-state index contributed by atoms with van der Waals surface area (Å²) < 4.78 is 32.2. The monoisotopic (exact) mass is 287 g/mol. The van der Waals surface area contributed by atoms with E-state index in [9.17, 15) is 8.42 Å². The van der Waals surface area contributed by atoms with Gasteiger partial charge in [-0.3, -0.25) is 0 Å². The maximum absolute atomic E-state index is 12.7. The van der Waals surface area contributed by atoms with E-state index in [1.54, 1.807) is 11.2 Å². The lowest BCUT2D eigenvalue weighted by molar-refractivity contribution is 0.244. The molecule has 6 heteroatoms. The van der Waals surface area contributed by atoms with Crippen molar-refractivity contribution in [3.63, 3.8) is 0 Å². The molecule has 5 nitrogen and oxygen atoms in total. The molecular formula is C13H21NO4S. The second-order valence-electron chi connectivity index (χ2n) is 5.11. The molecule has 1 fully saturated rings. The maximum atomic E-state index is 12.7. The number of rotatable bonds is 3. The van der Waals surface area contributed by atoms with E-state index < -0.39 is 10.0 Å². The van der Waals surface area contributed by atoms with Crippen LogP contribution in [-0.2, 0) is 16.6 Å². The molecule has 2 rings (SSSR count). The summed E-state index contributed by atoms with van der Waals surface area (Å²) in [6.45, 7) is 3.84. The minimum absolute atomic E-state index is 0.0133. The highest BCUT2D eigenvalue weighted by atomic mass is 32.2. The molecule has 0 radical (unpaired) electrons. The lowest BCUT2D eigenvalue weighted by atomic mass is 10.1. The molecule has 1 unspecified atom stereocenters. The van der Waals surface area contributed by atoms with E-state index >= 15 is 0 Å². The highest BCUT2D eigenvalue weighted by Gasteiger charge is 2.32. The minimum Gasteiger partial charge on any atom is -0.462 e.